The SMILES string of the molecule is COc1ccc(CNc2ccnc3cc(Cl)ccc23)c(OC)c1OC. The van der Waals surface area contributed by atoms with Crippen LogP contribution in [0.5, 0.6) is 17.2 Å². The molecule has 2 aromatic carbocycles. The first-order valence-electron chi connectivity index (χ1n) is 7.74. The van der Waals surface area contributed by atoms with Crippen molar-refractivity contribution in [3.8, 4) is 17.2 Å². The zero-order chi connectivity index (χ0) is 17.8. The number of rotatable bonds is 6. The number of pyridine rings is 1. The molecule has 0 unspecified atom stereocenters. The van der Waals surface area contributed by atoms with E-state index in [1.165, 1.54) is 0 Å². The first-order chi connectivity index (χ1) is 12.2. The van der Waals surface area contributed by atoms with Crippen molar-refractivity contribution >= 4 is 28.2 Å². The Hall–Kier alpha value is -2.66. The van der Waals surface area contributed by atoms with E-state index in [1.54, 1.807) is 27.5 Å². The van der Waals surface area contributed by atoms with Crippen molar-refractivity contribution in [3.05, 3.63) is 53.2 Å². The summed E-state index contributed by atoms with van der Waals surface area (Å²) in [6.45, 7) is 0.561. The van der Waals surface area contributed by atoms with E-state index < -0.39 is 0 Å². The van der Waals surface area contributed by atoms with Crippen molar-refractivity contribution < 1.29 is 14.2 Å². The number of hydrogen-bond donors (Lipinski definition) is 1. The predicted molar refractivity (Wildman–Crippen MR) is 100 cm³/mol. The Morgan fingerprint density at radius 2 is 1.76 bits per heavy atom. The Labute approximate surface area is 151 Å². The fourth-order valence-electron chi connectivity index (χ4n) is 2.77. The molecule has 0 aliphatic rings. The molecule has 3 aromatic rings. The molecule has 0 atom stereocenters. The smallest absolute Gasteiger partial charge is 0.203 e. The lowest BCUT2D eigenvalue weighted by atomic mass is 10.1. The molecule has 0 fully saturated rings. The quantitative estimate of drug-likeness (QED) is 0.701. The van der Waals surface area contributed by atoms with Gasteiger partial charge in [-0.25, -0.2) is 0 Å². The zero-order valence-corrected chi connectivity index (χ0v) is 15.1. The van der Waals surface area contributed by atoms with Crippen LogP contribution >= 0.6 is 11.6 Å². The van der Waals surface area contributed by atoms with E-state index in [9.17, 15) is 0 Å². The summed E-state index contributed by atoms with van der Waals surface area (Å²) in [5.74, 6) is 1.86. The van der Waals surface area contributed by atoms with E-state index in [0.717, 1.165) is 22.2 Å². The minimum absolute atomic E-state index is 0.561. The number of anilines is 1. The molecule has 0 spiro atoms. The second kappa shape index (κ2) is 7.49. The Morgan fingerprint density at radius 3 is 2.48 bits per heavy atom. The fraction of sp³-hybridized carbons (Fsp3) is 0.211. The van der Waals surface area contributed by atoms with E-state index in [0.29, 0.717) is 28.8 Å². The standard InChI is InChI=1S/C19H19ClN2O3/c1-23-17-7-4-12(18(24-2)19(17)25-3)11-22-15-8-9-21-16-10-13(20)5-6-14(15)16/h4-10H,11H2,1-3H3,(H,21,22). The maximum Gasteiger partial charge on any atom is 0.203 e. The number of nitrogens with zero attached hydrogens (tertiary/aromatic N) is 1. The number of hydrogen-bond acceptors (Lipinski definition) is 5. The van der Waals surface area contributed by atoms with E-state index in [1.807, 2.05) is 36.4 Å². The van der Waals surface area contributed by atoms with Crippen LogP contribution in [0.2, 0.25) is 5.02 Å². The molecule has 0 radical (unpaired) electrons. The van der Waals surface area contributed by atoms with Gasteiger partial charge in [0.15, 0.2) is 11.5 Å². The maximum absolute atomic E-state index is 6.04. The summed E-state index contributed by atoms with van der Waals surface area (Å²) in [7, 11) is 4.81. The molecule has 6 heteroatoms. The van der Waals surface area contributed by atoms with Gasteiger partial charge in [-0.05, 0) is 36.4 Å². The lowest BCUT2D eigenvalue weighted by Gasteiger charge is -2.17. The van der Waals surface area contributed by atoms with Crippen LogP contribution in [0.15, 0.2) is 42.6 Å². The fourth-order valence-corrected chi connectivity index (χ4v) is 2.93. The molecule has 1 aromatic heterocycles. The van der Waals surface area contributed by atoms with Crippen LogP contribution in [0.3, 0.4) is 0 Å². The van der Waals surface area contributed by atoms with Crippen LogP contribution in [0.1, 0.15) is 5.56 Å². The van der Waals surface area contributed by atoms with Gasteiger partial charge in [0, 0.05) is 34.4 Å². The third kappa shape index (κ3) is 3.42. The molecule has 0 saturated carbocycles. The van der Waals surface area contributed by atoms with Crippen molar-refractivity contribution in [1.29, 1.82) is 0 Å². The molecule has 1 N–H and O–H groups in total. The first kappa shape index (κ1) is 17.2. The van der Waals surface area contributed by atoms with Crippen LogP contribution in [0.4, 0.5) is 5.69 Å². The van der Waals surface area contributed by atoms with Gasteiger partial charge in [-0.2, -0.15) is 0 Å². The highest BCUT2D eigenvalue weighted by Crippen LogP contribution is 2.40. The normalized spacial score (nSPS) is 10.6. The zero-order valence-electron chi connectivity index (χ0n) is 14.3. The maximum atomic E-state index is 6.04. The van der Waals surface area contributed by atoms with E-state index >= 15 is 0 Å². The highest BCUT2D eigenvalue weighted by molar-refractivity contribution is 6.31. The number of nitrogens with one attached hydrogen (secondary N) is 1. The van der Waals surface area contributed by atoms with E-state index in [2.05, 4.69) is 10.3 Å². The third-order valence-electron chi connectivity index (χ3n) is 3.96. The van der Waals surface area contributed by atoms with Crippen LogP contribution in [0, 0.1) is 0 Å². The number of methoxy groups -OCH3 is 3. The Kier molecular flexibility index (Phi) is 5.14. The molecule has 25 heavy (non-hydrogen) atoms. The van der Waals surface area contributed by atoms with Gasteiger partial charge in [0.1, 0.15) is 0 Å². The molecule has 0 aliphatic heterocycles. The Morgan fingerprint density at radius 1 is 0.960 bits per heavy atom. The van der Waals surface area contributed by atoms with Crippen molar-refractivity contribution in [2.45, 2.75) is 6.54 Å². The lowest BCUT2D eigenvalue weighted by molar-refractivity contribution is 0.322. The van der Waals surface area contributed by atoms with Gasteiger partial charge in [0.25, 0.3) is 0 Å². The monoisotopic (exact) mass is 358 g/mol. The highest BCUT2D eigenvalue weighted by atomic mass is 35.5. The van der Waals surface area contributed by atoms with Crippen LogP contribution in [0.25, 0.3) is 10.9 Å². The molecule has 0 amide bonds. The average molecular weight is 359 g/mol. The third-order valence-corrected chi connectivity index (χ3v) is 4.19. The molecular formula is C19H19ClN2O3. The summed E-state index contributed by atoms with van der Waals surface area (Å²) in [6.07, 6.45) is 1.76. The van der Waals surface area contributed by atoms with Crippen LogP contribution in [-0.4, -0.2) is 26.3 Å². The number of ether oxygens (including phenoxy) is 3. The minimum atomic E-state index is 0.561. The van der Waals surface area contributed by atoms with Crippen molar-refractivity contribution in [1.82, 2.24) is 4.98 Å². The van der Waals surface area contributed by atoms with Crippen LogP contribution in [-0.2, 0) is 6.54 Å². The molecule has 130 valence electrons. The summed E-state index contributed by atoms with van der Waals surface area (Å²) in [6, 6.07) is 11.4. The second-order valence-corrected chi connectivity index (χ2v) is 5.80. The number of benzene rings is 2. The van der Waals surface area contributed by atoms with Crippen molar-refractivity contribution in [2.75, 3.05) is 26.6 Å². The van der Waals surface area contributed by atoms with Gasteiger partial charge in [0.2, 0.25) is 5.75 Å². The molecule has 0 bridgehead atoms. The number of aromatic nitrogens is 1. The molecule has 1 heterocycles. The molecule has 0 saturated heterocycles. The summed E-state index contributed by atoms with van der Waals surface area (Å²) in [4.78, 5) is 4.36. The molecule has 0 aliphatic carbocycles. The van der Waals surface area contributed by atoms with Crippen LogP contribution < -0.4 is 19.5 Å². The summed E-state index contributed by atoms with van der Waals surface area (Å²) in [5.41, 5.74) is 2.77. The average Bonchev–Trinajstić information content (AvgIpc) is 2.64. The van der Waals surface area contributed by atoms with Gasteiger partial charge in [-0.3, -0.25) is 4.98 Å². The Bertz CT molecular complexity index is 899. The first-order valence-corrected chi connectivity index (χ1v) is 8.11. The van der Waals surface area contributed by atoms with E-state index in [-0.39, 0.29) is 0 Å². The van der Waals surface area contributed by atoms with Gasteiger partial charge in [-0.1, -0.05) is 11.6 Å². The molecular weight excluding hydrogens is 340 g/mol. The van der Waals surface area contributed by atoms with Gasteiger partial charge in [-0.15, -0.1) is 0 Å². The largest absolute Gasteiger partial charge is 0.493 e. The topological polar surface area (TPSA) is 52.6 Å². The molecule has 5 nitrogen and oxygen atoms in total. The predicted octanol–water partition coefficient (Wildman–Crippen LogP) is 4.53. The second-order valence-electron chi connectivity index (χ2n) is 5.37. The minimum Gasteiger partial charge on any atom is -0.493 e. The Balaban J connectivity index is 1.92. The lowest BCUT2D eigenvalue weighted by Crippen LogP contribution is -2.04. The summed E-state index contributed by atoms with van der Waals surface area (Å²) in [5, 5.41) is 5.10. The summed E-state index contributed by atoms with van der Waals surface area (Å²) < 4.78 is 16.3. The summed E-state index contributed by atoms with van der Waals surface area (Å²) >= 11 is 6.04. The highest BCUT2D eigenvalue weighted by Gasteiger charge is 2.15. The van der Waals surface area contributed by atoms with Gasteiger partial charge >= 0.3 is 0 Å². The van der Waals surface area contributed by atoms with Crippen molar-refractivity contribution in [2.24, 2.45) is 0 Å². The van der Waals surface area contributed by atoms with Crippen molar-refractivity contribution in [3.63, 3.8) is 0 Å². The molecule has 3 rings (SSSR count). The van der Waals surface area contributed by atoms with Gasteiger partial charge < -0.3 is 19.5 Å². The number of fused-ring (bicyclic) bond motifs is 1. The van der Waals surface area contributed by atoms with Gasteiger partial charge in [0.05, 0.1) is 26.8 Å². The number of halogens is 1. The van der Waals surface area contributed by atoms with E-state index in [4.69, 9.17) is 25.8 Å².